The Balaban J connectivity index is 2.51. The lowest BCUT2D eigenvalue weighted by Gasteiger charge is -2.26. The highest BCUT2D eigenvalue weighted by atomic mass is 19.1. The number of hydrogen-bond donors (Lipinski definition) is 2. The molecule has 1 aromatic heterocycles. The number of pyridine rings is 1. The van der Waals surface area contributed by atoms with Crippen LogP contribution in [0.15, 0.2) is 18.3 Å². The van der Waals surface area contributed by atoms with E-state index >= 15 is 0 Å². The highest BCUT2D eigenvalue weighted by Gasteiger charge is 2.21. The molecule has 2 N–H and O–H groups in total. The van der Waals surface area contributed by atoms with Crippen LogP contribution in [0.1, 0.15) is 20.8 Å². The van der Waals surface area contributed by atoms with Gasteiger partial charge in [0.05, 0.1) is 6.10 Å². The molecule has 0 fully saturated rings. The summed E-state index contributed by atoms with van der Waals surface area (Å²) in [6.07, 6.45) is 0.912. The second-order valence-corrected chi connectivity index (χ2v) is 4.63. The van der Waals surface area contributed by atoms with Gasteiger partial charge in [0.2, 0.25) is 5.95 Å². The normalized spacial score (nSPS) is 13.7. The molecule has 0 aliphatic rings. The van der Waals surface area contributed by atoms with Crippen LogP contribution >= 0.6 is 0 Å². The van der Waals surface area contributed by atoms with Crippen molar-refractivity contribution in [1.82, 2.24) is 4.98 Å². The van der Waals surface area contributed by atoms with Gasteiger partial charge in [-0.3, -0.25) is 0 Å². The molecule has 1 rings (SSSR count). The highest BCUT2D eigenvalue weighted by Crippen LogP contribution is 2.19. The van der Waals surface area contributed by atoms with Gasteiger partial charge in [0, 0.05) is 24.5 Å². The molecule has 0 saturated heterocycles. The zero-order chi connectivity index (χ0) is 11.5. The third-order valence-electron chi connectivity index (χ3n) is 2.23. The molecule has 0 amide bonds. The second-order valence-electron chi connectivity index (χ2n) is 4.63. The largest absolute Gasteiger partial charge is 0.391 e. The lowest BCUT2D eigenvalue weighted by Crippen LogP contribution is -2.32. The molecule has 0 spiro atoms. The van der Waals surface area contributed by atoms with Gasteiger partial charge in [-0.25, -0.2) is 4.98 Å². The zero-order valence-electron chi connectivity index (χ0n) is 9.29. The zero-order valence-corrected chi connectivity index (χ0v) is 9.29. The standard InChI is InChI=1S/C11H17FN2O/c1-11(2,3)9(15)7-14-8-4-5-13-10(12)6-8/h4-6,9,15H,7H2,1-3H3,(H,13,14). The Hall–Kier alpha value is -1.16. The molecule has 84 valence electrons. The van der Waals surface area contributed by atoms with Crippen LogP contribution < -0.4 is 5.32 Å². The molecule has 4 heteroatoms. The Morgan fingerprint density at radius 2 is 2.20 bits per heavy atom. The maximum atomic E-state index is 12.7. The first kappa shape index (κ1) is 11.9. The van der Waals surface area contributed by atoms with E-state index in [1.54, 1.807) is 6.07 Å². The second kappa shape index (κ2) is 4.57. The molecule has 1 aromatic rings. The van der Waals surface area contributed by atoms with Gasteiger partial charge in [0.1, 0.15) is 0 Å². The van der Waals surface area contributed by atoms with Crippen LogP contribution in [0.4, 0.5) is 10.1 Å². The molecule has 0 saturated carbocycles. The first-order chi connectivity index (χ1) is 6.89. The fourth-order valence-electron chi connectivity index (χ4n) is 1.03. The summed E-state index contributed by atoms with van der Waals surface area (Å²) in [5.41, 5.74) is 0.448. The lowest BCUT2D eigenvalue weighted by molar-refractivity contribution is 0.0746. The van der Waals surface area contributed by atoms with Crippen LogP contribution in [0.3, 0.4) is 0 Å². The molecule has 0 aliphatic heterocycles. The monoisotopic (exact) mass is 212 g/mol. The summed E-state index contributed by atoms with van der Waals surface area (Å²) in [4.78, 5) is 3.45. The number of aromatic nitrogens is 1. The van der Waals surface area contributed by atoms with E-state index < -0.39 is 12.1 Å². The summed E-state index contributed by atoms with van der Waals surface area (Å²) in [6, 6.07) is 2.97. The molecule has 1 atom stereocenters. The van der Waals surface area contributed by atoms with Crippen LogP contribution in [-0.4, -0.2) is 22.7 Å². The van der Waals surface area contributed by atoms with Crippen molar-refractivity contribution in [3.05, 3.63) is 24.3 Å². The lowest BCUT2D eigenvalue weighted by atomic mass is 9.89. The summed E-state index contributed by atoms with van der Waals surface area (Å²) in [5.74, 6) is -0.523. The number of aliphatic hydroxyl groups excluding tert-OH is 1. The molecule has 1 heterocycles. The van der Waals surface area contributed by atoms with E-state index in [4.69, 9.17) is 0 Å². The molecule has 0 aliphatic carbocycles. The van der Waals surface area contributed by atoms with Crippen LogP contribution in [0.2, 0.25) is 0 Å². The van der Waals surface area contributed by atoms with Crippen molar-refractivity contribution >= 4 is 5.69 Å². The van der Waals surface area contributed by atoms with E-state index in [0.29, 0.717) is 12.2 Å². The molecule has 0 aromatic carbocycles. The van der Waals surface area contributed by atoms with Gasteiger partial charge >= 0.3 is 0 Å². The van der Waals surface area contributed by atoms with Crippen molar-refractivity contribution in [2.45, 2.75) is 26.9 Å². The molecular weight excluding hydrogens is 195 g/mol. The van der Waals surface area contributed by atoms with E-state index in [1.165, 1.54) is 12.3 Å². The number of hydrogen-bond acceptors (Lipinski definition) is 3. The number of nitrogens with zero attached hydrogens (tertiary/aromatic N) is 1. The van der Waals surface area contributed by atoms with Gasteiger partial charge in [-0.2, -0.15) is 4.39 Å². The predicted molar refractivity (Wildman–Crippen MR) is 58.1 cm³/mol. The van der Waals surface area contributed by atoms with Gasteiger partial charge in [-0.1, -0.05) is 20.8 Å². The minimum atomic E-state index is -0.523. The smallest absolute Gasteiger partial charge is 0.214 e. The Labute approximate surface area is 89.4 Å². The molecule has 3 nitrogen and oxygen atoms in total. The van der Waals surface area contributed by atoms with E-state index in [0.717, 1.165) is 0 Å². The summed E-state index contributed by atoms with van der Waals surface area (Å²) >= 11 is 0. The van der Waals surface area contributed by atoms with Gasteiger partial charge < -0.3 is 10.4 Å². The van der Waals surface area contributed by atoms with Gasteiger partial charge in [-0.05, 0) is 11.5 Å². The molecular formula is C11H17FN2O. The van der Waals surface area contributed by atoms with Crippen LogP contribution in [0.5, 0.6) is 0 Å². The van der Waals surface area contributed by atoms with E-state index in [2.05, 4.69) is 10.3 Å². The average Bonchev–Trinajstić information content (AvgIpc) is 2.12. The third-order valence-corrected chi connectivity index (χ3v) is 2.23. The first-order valence-electron chi connectivity index (χ1n) is 4.93. The van der Waals surface area contributed by atoms with Gasteiger partial charge in [0.25, 0.3) is 0 Å². The van der Waals surface area contributed by atoms with Gasteiger partial charge in [0.15, 0.2) is 0 Å². The van der Waals surface area contributed by atoms with Crippen LogP contribution in [0.25, 0.3) is 0 Å². The molecule has 15 heavy (non-hydrogen) atoms. The van der Waals surface area contributed by atoms with E-state index in [1.807, 2.05) is 20.8 Å². The number of aliphatic hydroxyl groups is 1. The average molecular weight is 212 g/mol. The van der Waals surface area contributed by atoms with Crippen LogP contribution in [-0.2, 0) is 0 Å². The SMILES string of the molecule is CC(C)(C)C(O)CNc1ccnc(F)c1. The maximum Gasteiger partial charge on any atom is 0.214 e. The van der Waals surface area contributed by atoms with Crippen molar-refractivity contribution in [3.63, 3.8) is 0 Å². The number of anilines is 1. The number of nitrogens with one attached hydrogen (secondary N) is 1. The van der Waals surface area contributed by atoms with Crippen molar-refractivity contribution in [2.24, 2.45) is 5.41 Å². The summed E-state index contributed by atoms with van der Waals surface area (Å²) in [5, 5.41) is 12.7. The third kappa shape index (κ3) is 3.83. The number of rotatable bonds is 3. The van der Waals surface area contributed by atoms with Crippen molar-refractivity contribution in [2.75, 3.05) is 11.9 Å². The molecule has 0 bridgehead atoms. The predicted octanol–water partition coefficient (Wildman–Crippen LogP) is 2.04. The first-order valence-corrected chi connectivity index (χ1v) is 4.93. The van der Waals surface area contributed by atoms with Crippen molar-refractivity contribution in [3.8, 4) is 0 Å². The Morgan fingerprint density at radius 3 is 2.73 bits per heavy atom. The quantitative estimate of drug-likeness (QED) is 0.754. The van der Waals surface area contributed by atoms with Crippen LogP contribution in [0, 0.1) is 11.4 Å². The van der Waals surface area contributed by atoms with Gasteiger partial charge in [-0.15, -0.1) is 0 Å². The topological polar surface area (TPSA) is 45.1 Å². The minimum absolute atomic E-state index is 0.182. The fourth-order valence-corrected chi connectivity index (χ4v) is 1.03. The molecule has 1 unspecified atom stereocenters. The molecule has 0 radical (unpaired) electrons. The fraction of sp³-hybridized carbons (Fsp3) is 0.545. The summed E-state index contributed by atoms with van der Waals surface area (Å²) in [7, 11) is 0. The van der Waals surface area contributed by atoms with Crippen molar-refractivity contribution in [1.29, 1.82) is 0 Å². The van der Waals surface area contributed by atoms with E-state index in [9.17, 15) is 9.50 Å². The Bertz CT molecular complexity index is 323. The summed E-state index contributed by atoms with van der Waals surface area (Å²) < 4.78 is 12.7. The van der Waals surface area contributed by atoms with Crippen molar-refractivity contribution < 1.29 is 9.50 Å². The maximum absolute atomic E-state index is 12.7. The Kier molecular flexibility index (Phi) is 3.63. The minimum Gasteiger partial charge on any atom is -0.391 e. The highest BCUT2D eigenvalue weighted by molar-refractivity contribution is 5.41. The number of halogens is 1. The Morgan fingerprint density at radius 1 is 1.53 bits per heavy atom. The van der Waals surface area contributed by atoms with E-state index in [-0.39, 0.29) is 5.41 Å². The summed E-state index contributed by atoms with van der Waals surface area (Å²) in [6.45, 7) is 6.25.